The number of aryl methyl sites for hydroxylation is 1. The number of pyridine rings is 1. The van der Waals surface area contributed by atoms with E-state index in [-0.39, 0.29) is 18.6 Å². The lowest BCUT2D eigenvalue weighted by molar-refractivity contribution is -0.121. The highest BCUT2D eigenvalue weighted by Gasteiger charge is 2.03. The molecule has 0 aliphatic heterocycles. The Morgan fingerprint density at radius 2 is 2.38 bits per heavy atom. The van der Waals surface area contributed by atoms with Crippen LogP contribution in [0.25, 0.3) is 0 Å². The van der Waals surface area contributed by atoms with E-state index in [2.05, 4.69) is 4.98 Å². The van der Waals surface area contributed by atoms with E-state index in [1.54, 1.807) is 6.20 Å². The third kappa shape index (κ3) is 3.15. The third-order valence-electron chi connectivity index (χ3n) is 1.66. The van der Waals surface area contributed by atoms with Crippen LogP contribution in [0.2, 0.25) is 0 Å². The molecule has 0 spiro atoms. The molecule has 0 aliphatic carbocycles. The first-order chi connectivity index (χ1) is 6.22. The van der Waals surface area contributed by atoms with Gasteiger partial charge in [-0.25, -0.2) is 0 Å². The molecule has 0 saturated carbocycles. The average molecular weight is 177 g/mol. The van der Waals surface area contributed by atoms with Gasteiger partial charge in [0, 0.05) is 18.3 Å². The Bertz CT molecular complexity index is 320. The van der Waals surface area contributed by atoms with Crippen molar-refractivity contribution < 1.29 is 9.59 Å². The van der Waals surface area contributed by atoms with Crippen molar-refractivity contribution in [2.75, 3.05) is 0 Å². The van der Waals surface area contributed by atoms with E-state index in [9.17, 15) is 9.59 Å². The molecular weight excluding hydrogens is 166 g/mol. The van der Waals surface area contributed by atoms with Crippen LogP contribution in [0.5, 0.6) is 0 Å². The van der Waals surface area contributed by atoms with Gasteiger partial charge in [-0.3, -0.25) is 9.78 Å². The lowest BCUT2D eigenvalue weighted by Crippen LogP contribution is -2.04. The minimum absolute atomic E-state index is 0.0182. The molecule has 0 radical (unpaired) electrons. The van der Waals surface area contributed by atoms with E-state index in [0.717, 1.165) is 11.3 Å². The van der Waals surface area contributed by atoms with Crippen molar-refractivity contribution in [1.82, 2.24) is 4.98 Å². The van der Waals surface area contributed by atoms with Crippen molar-refractivity contribution in [3.63, 3.8) is 0 Å². The van der Waals surface area contributed by atoms with Crippen LogP contribution in [-0.4, -0.2) is 17.1 Å². The molecule has 1 aromatic heterocycles. The smallest absolute Gasteiger partial charge is 0.145 e. The number of Topliss-reactive ketones (excluding diaryl/α,β-unsaturated/α-hetero) is 1. The van der Waals surface area contributed by atoms with E-state index in [4.69, 9.17) is 0 Å². The van der Waals surface area contributed by atoms with Crippen molar-refractivity contribution in [1.29, 1.82) is 0 Å². The Morgan fingerprint density at radius 3 is 3.00 bits per heavy atom. The molecule has 3 nitrogen and oxygen atoms in total. The van der Waals surface area contributed by atoms with Crippen molar-refractivity contribution >= 4 is 12.1 Å². The molecule has 13 heavy (non-hydrogen) atoms. The SMILES string of the molecule is Cc1ccnc(CC(=O)CC=O)c1. The standard InChI is InChI=1S/C10H11NO2/c1-8-2-4-11-9(6-8)7-10(13)3-5-12/h2,4-6H,3,7H2,1H3. The highest BCUT2D eigenvalue weighted by atomic mass is 16.1. The van der Waals surface area contributed by atoms with Gasteiger partial charge in [0.15, 0.2) is 0 Å². The highest BCUT2D eigenvalue weighted by molar-refractivity contribution is 5.90. The summed E-state index contributed by atoms with van der Waals surface area (Å²) < 4.78 is 0. The second-order valence-electron chi connectivity index (χ2n) is 2.91. The van der Waals surface area contributed by atoms with Crippen LogP contribution in [0.4, 0.5) is 0 Å². The molecule has 1 heterocycles. The van der Waals surface area contributed by atoms with Crippen LogP contribution >= 0.6 is 0 Å². The highest BCUT2D eigenvalue weighted by Crippen LogP contribution is 2.01. The zero-order valence-electron chi connectivity index (χ0n) is 7.49. The van der Waals surface area contributed by atoms with Gasteiger partial charge < -0.3 is 4.79 Å². The normalized spacial score (nSPS) is 9.62. The van der Waals surface area contributed by atoms with E-state index in [1.165, 1.54) is 0 Å². The first-order valence-corrected chi connectivity index (χ1v) is 4.09. The molecule has 68 valence electrons. The summed E-state index contributed by atoms with van der Waals surface area (Å²) in [6, 6.07) is 3.72. The quantitative estimate of drug-likeness (QED) is 0.511. The maximum Gasteiger partial charge on any atom is 0.145 e. The van der Waals surface area contributed by atoms with Gasteiger partial charge in [0.25, 0.3) is 0 Å². The molecule has 0 N–H and O–H groups in total. The van der Waals surface area contributed by atoms with E-state index >= 15 is 0 Å². The number of rotatable bonds is 4. The number of hydrogen-bond acceptors (Lipinski definition) is 3. The molecule has 0 amide bonds. The van der Waals surface area contributed by atoms with E-state index in [1.807, 2.05) is 19.1 Å². The number of carbonyl (C=O) groups excluding carboxylic acids is 2. The summed E-state index contributed by atoms with van der Waals surface area (Å²) in [5.74, 6) is -0.0897. The first kappa shape index (κ1) is 9.58. The molecule has 0 saturated heterocycles. The molecule has 0 unspecified atom stereocenters. The molecule has 1 aromatic rings. The van der Waals surface area contributed by atoms with Crippen LogP contribution in [-0.2, 0) is 16.0 Å². The van der Waals surface area contributed by atoms with E-state index in [0.29, 0.717) is 6.29 Å². The van der Waals surface area contributed by atoms with Gasteiger partial charge in [-0.1, -0.05) is 0 Å². The number of hydrogen-bond donors (Lipinski definition) is 0. The summed E-state index contributed by atoms with van der Waals surface area (Å²) in [6.45, 7) is 1.94. The summed E-state index contributed by atoms with van der Waals surface area (Å²) in [5.41, 5.74) is 1.80. The summed E-state index contributed by atoms with van der Waals surface area (Å²) in [4.78, 5) is 25.1. The summed E-state index contributed by atoms with van der Waals surface area (Å²) in [6.07, 6.45) is 2.52. The molecular formula is C10H11NO2. The summed E-state index contributed by atoms with van der Waals surface area (Å²) in [7, 11) is 0. The fraction of sp³-hybridized carbons (Fsp3) is 0.300. The predicted molar refractivity (Wildman–Crippen MR) is 48.4 cm³/mol. The minimum Gasteiger partial charge on any atom is -0.303 e. The lowest BCUT2D eigenvalue weighted by Gasteiger charge is -1.98. The lowest BCUT2D eigenvalue weighted by atomic mass is 10.1. The van der Waals surface area contributed by atoms with Gasteiger partial charge in [-0.15, -0.1) is 0 Å². The second kappa shape index (κ2) is 4.50. The topological polar surface area (TPSA) is 47.0 Å². The average Bonchev–Trinajstić information content (AvgIpc) is 2.04. The van der Waals surface area contributed by atoms with Crippen LogP contribution in [0.3, 0.4) is 0 Å². The van der Waals surface area contributed by atoms with Crippen LogP contribution in [0.15, 0.2) is 18.3 Å². The van der Waals surface area contributed by atoms with Crippen LogP contribution in [0.1, 0.15) is 17.7 Å². The largest absolute Gasteiger partial charge is 0.303 e. The predicted octanol–water partition coefficient (Wildman–Crippen LogP) is 1.09. The monoisotopic (exact) mass is 177 g/mol. The van der Waals surface area contributed by atoms with Gasteiger partial charge in [0.1, 0.15) is 12.1 Å². The number of ketones is 1. The van der Waals surface area contributed by atoms with Crippen LogP contribution in [0, 0.1) is 6.92 Å². The third-order valence-corrected chi connectivity index (χ3v) is 1.66. The molecule has 0 bridgehead atoms. The summed E-state index contributed by atoms with van der Waals surface area (Å²) >= 11 is 0. The zero-order valence-corrected chi connectivity index (χ0v) is 7.49. The summed E-state index contributed by atoms with van der Waals surface area (Å²) in [5, 5.41) is 0. The Balaban J connectivity index is 2.63. The van der Waals surface area contributed by atoms with Crippen molar-refractivity contribution in [3.8, 4) is 0 Å². The Labute approximate surface area is 76.8 Å². The van der Waals surface area contributed by atoms with Gasteiger partial charge in [0.05, 0.1) is 6.42 Å². The van der Waals surface area contributed by atoms with E-state index < -0.39 is 0 Å². The first-order valence-electron chi connectivity index (χ1n) is 4.09. The molecule has 0 atom stereocenters. The van der Waals surface area contributed by atoms with Gasteiger partial charge >= 0.3 is 0 Å². The molecule has 0 fully saturated rings. The van der Waals surface area contributed by atoms with Gasteiger partial charge in [-0.05, 0) is 24.6 Å². The number of aromatic nitrogens is 1. The fourth-order valence-electron chi connectivity index (χ4n) is 1.06. The molecule has 3 heteroatoms. The van der Waals surface area contributed by atoms with Crippen LogP contribution < -0.4 is 0 Å². The van der Waals surface area contributed by atoms with Crippen molar-refractivity contribution in [2.45, 2.75) is 19.8 Å². The number of nitrogens with zero attached hydrogens (tertiary/aromatic N) is 1. The zero-order chi connectivity index (χ0) is 9.68. The van der Waals surface area contributed by atoms with Crippen molar-refractivity contribution in [2.24, 2.45) is 0 Å². The molecule has 0 aliphatic rings. The second-order valence-corrected chi connectivity index (χ2v) is 2.91. The van der Waals surface area contributed by atoms with Gasteiger partial charge in [0.2, 0.25) is 0 Å². The Kier molecular flexibility index (Phi) is 3.31. The van der Waals surface area contributed by atoms with Gasteiger partial charge in [-0.2, -0.15) is 0 Å². The number of carbonyl (C=O) groups is 2. The Hall–Kier alpha value is -1.51. The molecule has 1 rings (SSSR count). The Morgan fingerprint density at radius 1 is 1.62 bits per heavy atom. The molecule has 0 aromatic carbocycles. The number of aldehydes is 1. The fourth-order valence-corrected chi connectivity index (χ4v) is 1.06. The maximum atomic E-state index is 11.1. The maximum absolute atomic E-state index is 11.1. The minimum atomic E-state index is -0.0897. The van der Waals surface area contributed by atoms with Crippen molar-refractivity contribution in [3.05, 3.63) is 29.6 Å².